The zero-order valence-corrected chi connectivity index (χ0v) is 19.3. The standard InChI is InChI=1S/C25H31N5O3/c1-3-24(32)29-11-9-19-18(15-29)25(33)30-23(26-19)13-20(27-30)21-6-4-5-10-28(21)14-17-8-7-16(2)12-22(17)31/h7-8,12-13,21,27,31H,3-6,9-11,14-15H2,1-2H3/t21-/m1/s1. The molecule has 3 aromatic rings. The Morgan fingerprint density at radius 3 is 2.88 bits per heavy atom. The number of amides is 1. The van der Waals surface area contributed by atoms with Gasteiger partial charge in [-0.05, 0) is 37.9 Å². The number of nitrogens with one attached hydrogen (secondary N) is 1. The molecule has 1 fully saturated rings. The first-order valence-electron chi connectivity index (χ1n) is 11.9. The molecule has 1 amide bonds. The number of phenolic OH excluding ortho intramolecular Hbond substituents is 1. The first-order chi connectivity index (χ1) is 15.9. The molecule has 2 aromatic heterocycles. The number of benzene rings is 1. The lowest BCUT2D eigenvalue weighted by atomic mass is 9.98. The third-order valence-corrected chi connectivity index (χ3v) is 7.02. The maximum atomic E-state index is 13.3. The molecule has 174 valence electrons. The van der Waals surface area contributed by atoms with E-state index in [2.05, 4.69) is 10.00 Å². The third-order valence-electron chi connectivity index (χ3n) is 7.02. The zero-order valence-electron chi connectivity index (χ0n) is 19.3. The van der Waals surface area contributed by atoms with E-state index >= 15 is 0 Å². The van der Waals surface area contributed by atoms with Crippen LogP contribution in [0.3, 0.4) is 0 Å². The summed E-state index contributed by atoms with van der Waals surface area (Å²) >= 11 is 0. The number of hydrogen-bond acceptors (Lipinski definition) is 5. The van der Waals surface area contributed by atoms with Gasteiger partial charge in [0.15, 0.2) is 5.65 Å². The summed E-state index contributed by atoms with van der Waals surface area (Å²) in [4.78, 5) is 34.3. The maximum Gasteiger partial charge on any atom is 0.277 e. The van der Waals surface area contributed by atoms with E-state index in [1.807, 2.05) is 32.0 Å². The Labute approximate surface area is 192 Å². The molecule has 33 heavy (non-hydrogen) atoms. The van der Waals surface area contributed by atoms with Gasteiger partial charge in [0.25, 0.3) is 5.56 Å². The molecule has 1 atom stereocenters. The van der Waals surface area contributed by atoms with Crippen molar-refractivity contribution in [3.8, 4) is 5.75 Å². The van der Waals surface area contributed by atoms with E-state index in [-0.39, 0.29) is 17.5 Å². The summed E-state index contributed by atoms with van der Waals surface area (Å²) in [7, 11) is 0. The van der Waals surface area contributed by atoms with Gasteiger partial charge in [0.2, 0.25) is 5.91 Å². The number of aromatic nitrogens is 3. The van der Waals surface area contributed by atoms with E-state index in [1.54, 1.807) is 11.0 Å². The molecule has 0 unspecified atom stereocenters. The normalized spacial score (nSPS) is 19.1. The van der Waals surface area contributed by atoms with Gasteiger partial charge in [0.05, 0.1) is 29.5 Å². The maximum absolute atomic E-state index is 13.3. The average Bonchev–Trinajstić information content (AvgIpc) is 3.25. The summed E-state index contributed by atoms with van der Waals surface area (Å²) in [6.45, 7) is 6.33. The number of carbonyl (C=O) groups excluding carboxylic acids is 1. The number of carbonyl (C=O) groups is 1. The van der Waals surface area contributed by atoms with E-state index in [1.165, 1.54) is 4.52 Å². The van der Waals surface area contributed by atoms with Crippen LogP contribution in [0, 0.1) is 6.92 Å². The van der Waals surface area contributed by atoms with Gasteiger partial charge in [0, 0.05) is 37.6 Å². The highest BCUT2D eigenvalue weighted by molar-refractivity contribution is 5.76. The summed E-state index contributed by atoms with van der Waals surface area (Å²) in [5.41, 5.74) is 4.84. The molecular weight excluding hydrogens is 418 g/mol. The van der Waals surface area contributed by atoms with Crippen LogP contribution in [-0.2, 0) is 24.3 Å². The van der Waals surface area contributed by atoms with Crippen LogP contribution in [0.2, 0.25) is 0 Å². The van der Waals surface area contributed by atoms with Crippen LogP contribution in [-0.4, -0.2) is 48.5 Å². The van der Waals surface area contributed by atoms with Crippen LogP contribution in [0.1, 0.15) is 66.7 Å². The van der Waals surface area contributed by atoms with Crippen LogP contribution in [0.25, 0.3) is 5.65 Å². The quantitative estimate of drug-likeness (QED) is 0.639. The van der Waals surface area contributed by atoms with Crippen molar-refractivity contribution in [2.24, 2.45) is 0 Å². The first kappa shape index (κ1) is 21.7. The van der Waals surface area contributed by atoms with E-state index in [4.69, 9.17) is 4.98 Å². The Bertz CT molecular complexity index is 1260. The molecule has 1 saturated heterocycles. The summed E-state index contributed by atoms with van der Waals surface area (Å²) in [5.74, 6) is 0.391. The fraction of sp³-hybridized carbons (Fsp3) is 0.480. The summed E-state index contributed by atoms with van der Waals surface area (Å²) in [6, 6.07) is 7.93. The van der Waals surface area contributed by atoms with Crippen LogP contribution in [0.5, 0.6) is 5.75 Å². The van der Waals surface area contributed by atoms with Gasteiger partial charge in [-0.2, -0.15) is 0 Å². The van der Waals surface area contributed by atoms with Gasteiger partial charge in [-0.25, -0.2) is 9.50 Å². The number of aromatic hydroxyl groups is 1. The second kappa shape index (κ2) is 8.67. The molecule has 2 aliphatic heterocycles. The molecule has 1 aromatic carbocycles. The van der Waals surface area contributed by atoms with Crippen LogP contribution in [0.15, 0.2) is 29.1 Å². The van der Waals surface area contributed by atoms with Crippen LogP contribution < -0.4 is 5.56 Å². The van der Waals surface area contributed by atoms with Crippen molar-refractivity contribution in [2.45, 2.75) is 65.1 Å². The van der Waals surface area contributed by atoms with E-state index < -0.39 is 0 Å². The predicted molar refractivity (Wildman–Crippen MR) is 125 cm³/mol. The number of hydrogen-bond donors (Lipinski definition) is 2. The molecule has 0 bridgehead atoms. The highest BCUT2D eigenvalue weighted by Crippen LogP contribution is 2.33. The molecule has 8 nitrogen and oxygen atoms in total. The smallest absolute Gasteiger partial charge is 0.277 e. The second-order valence-electron chi connectivity index (χ2n) is 9.28. The van der Waals surface area contributed by atoms with Gasteiger partial charge < -0.3 is 10.0 Å². The lowest BCUT2D eigenvalue weighted by molar-refractivity contribution is -0.131. The van der Waals surface area contributed by atoms with Crippen molar-refractivity contribution in [3.63, 3.8) is 0 Å². The molecule has 8 heteroatoms. The molecule has 2 N–H and O–H groups in total. The SMILES string of the molecule is CCC(=O)N1CCc2nc3cc([C@H]4CCCCN4Cc4ccc(C)cc4O)[nH]n3c(=O)c2C1. The topological polar surface area (TPSA) is 93.9 Å². The number of nitrogens with zero attached hydrogens (tertiary/aromatic N) is 4. The third kappa shape index (κ3) is 4.04. The number of rotatable bonds is 4. The Morgan fingerprint density at radius 1 is 1.24 bits per heavy atom. The first-order valence-corrected chi connectivity index (χ1v) is 11.9. The highest BCUT2D eigenvalue weighted by Gasteiger charge is 2.29. The number of aryl methyl sites for hydroxylation is 1. The fourth-order valence-electron chi connectivity index (χ4n) is 5.17. The van der Waals surface area contributed by atoms with Crippen molar-refractivity contribution in [1.29, 1.82) is 0 Å². The molecule has 4 heterocycles. The Hall–Kier alpha value is -3.13. The van der Waals surface area contributed by atoms with Crippen molar-refractivity contribution in [1.82, 2.24) is 24.4 Å². The van der Waals surface area contributed by atoms with Gasteiger partial charge in [0.1, 0.15) is 5.75 Å². The van der Waals surface area contributed by atoms with Gasteiger partial charge in [-0.15, -0.1) is 0 Å². The molecule has 2 aliphatic rings. The van der Waals surface area contributed by atoms with Gasteiger partial charge >= 0.3 is 0 Å². The van der Waals surface area contributed by atoms with Crippen molar-refractivity contribution < 1.29 is 9.90 Å². The van der Waals surface area contributed by atoms with E-state index in [9.17, 15) is 14.7 Å². The number of aromatic amines is 1. The molecule has 0 spiro atoms. The fourth-order valence-corrected chi connectivity index (χ4v) is 5.17. The summed E-state index contributed by atoms with van der Waals surface area (Å²) in [6.07, 6.45) is 4.25. The second-order valence-corrected chi connectivity index (χ2v) is 9.28. The van der Waals surface area contributed by atoms with E-state index in [0.717, 1.165) is 48.3 Å². The van der Waals surface area contributed by atoms with Crippen molar-refractivity contribution in [2.75, 3.05) is 13.1 Å². The molecule has 0 saturated carbocycles. The van der Waals surface area contributed by atoms with Crippen LogP contribution >= 0.6 is 0 Å². The Balaban J connectivity index is 1.47. The molecular formula is C25H31N5O3. The molecule has 0 aliphatic carbocycles. The molecule has 0 radical (unpaired) electrons. The van der Waals surface area contributed by atoms with Crippen LogP contribution in [0.4, 0.5) is 0 Å². The van der Waals surface area contributed by atoms with Gasteiger partial charge in [-0.1, -0.05) is 25.5 Å². The average molecular weight is 450 g/mol. The summed E-state index contributed by atoms with van der Waals surface area (Å²) in [5, 5.41) is 13.7. The minimum absolute atomic E-state index is 0.0644. The largest absolute Gasteiger partial charge is 0.508 e. The number of phenols is 1. The monoisotopic (exact) mass is 449 g/mol. The van der Waals surface area contributed by atoms with E-state index in [0.29, 0.717) is 49.4 Å². The highest BCUT2D eigenvalue weighted by atomic mass is 16.3. The summed E-state index contributed by atoms with van der Waals surface area (Å²) < 4.78 is 1.53. The lowest BCUT2D eigenvalue weighted by Gasteiger charge is -2.35. The Morgan fingerprint density at radius 2 is 2.09 bits per heavy atom. The molecule has 5 rings (SSSR count). The number of H-pyrrole nitrogens is 1. The number of likely N-dealkylation sites (tertiary alicyclic amines) is 1. The number of fused-ring (bicyclic) bond motifs is 2. The zero-order chi connectivity index (χ0) is 23.1. The Kier molecular flexibility index (Phi) is 5.70. The van der Waals surface area contributed by atoms with Crippen molar-refractivity contribution >= 4 is 11.6 Å². The number of piperidine rings is 1. The predicted octanol–water partition coefficient (Wildman–Crippen LogP) is 3.06. The lowest BCUT2D eigenvalue weighted by Crippen LogP contribution is -2.40. The van der Waals surface area contributed by atoms with Crippen molar-refractivity contribution in [3.05, 3.63) is 62.7 Å². The minimum Gasteiger partial charge on any atom is -0.508 e. The van der Waals surface area contributed by atoms with Gasteiger partial charge in [-0.3, -0.25) is 19.6 Å². The minimum atomic E-state index is -0.117.